The normalized spacial score (nSPS) is 15.0. The minimum Gasteiger partial charge on any atom is -1.00 e. The van der Waals surface area contributed by atoms with E-state index in [1.807, 2.05) is 87.0 Å². The second kappa shape index (κ2) is 60.9. The first-order valence-corrected chi connectivity index (χ1v) is 46.3. The quantitative estimate of drug-likeness (QED) is 0.0217. The van der Waals surface area contributed by atoms with Gasteiger partial charge in [0.15, 0.2) is 0 Å². The molecule has 15 atom stereocenters. The summed E-state index contributed by atoms with van der Waals surface area (Å²) in [5.41, 5.74) is 37.5. The van der Waals surface area contributed by atoms with Gasteiger partial charge < -0.3 is 131 Å². The van der Waals surface area contributed by atoms with Crippen molar-refractivity contribution in [3.63, 3.8) is 0 Å². The van der Waals surface area contributed by atoms with Gasteiger partial charge in [-0.2, -0.15) is 0 Å². The van der Waals surface area contributed by atoms with E-state index in [0.717, 1.165) is 10.9 Å². The molecule has 3 rings (SSSR count). The second-order valence-corrected chi connectivity index (χ2v) is 37.2. The molecule has 27 N–H and O–H groups in total. The molecule has 0 aliphatic carbocycles. The molecule has 0 unspecified atom stereocenters. The number of benzene rings is 2. The van der Waals surface area contributed by atoms with Crippen molar-refractivity contribution in [2.24, 2.45) is 69.9 Å². The van der Waals surface area contributed by atoms with E-state index in [-0.39, 0.29) is 101 Å². The van der Waals surface area contributed by atoms with Crippen molar-refractivity contribution < 1.29 is 88.8 Å². The van der Waals surface area contributed by atoms with Crippen LogP contribution in [0.5, 0.6) is 0 Å². The predicted octanol–water partition coefficient (Wildman–Crippen LogP) is -1.90. The molecule has 0 aliphatic heterocycles. The fraction of sp³-hybridized carbons (Fsp3) is 0.685. The number of primary amides is 1. The van der Waals surface area contributed by atoms with Crippen LogP contribution in [0.25, 0.3) is 10.9 Å². The second-order valence-electron chi connectivity index (χ2n) is 37.2. The van der Waals surface area contributed by atoms with E-state index in [1.165, 1.54) is 6.92 Å². The molecule has 1 aromatic heterocycles. The molecule has 2 aromatic carbocycles. The molecule has 734 valence electrons. The molecule has 37 nitrogen and oxygen atoms in total. The molecule has 0 fully saturated rings. The van der Waals surface area contributed by atoms with Crippen LogP contribution in [0.15, 0.2) is 60.8 Å². The molecule has 0 spiro atoms. The van der Waals surface area contributed by atoms with Crippen LogP contribution >= 0.6 is 0 Å². The number of quaternary nitrogens is 1. The van der Waals surface area contributed by atoms with Crippen molar-refractivity contribution >= 4 is 99.5 Å². The number of carbonyl (C=O) groups excluding carboxylic acids is 15. The third-order valence-corrected chi connectivity index (χ3v) is 22.4. The fourth-order valence-corrected chi connectivity index (χ4v) is 14.7. The third kappa shape index (κ3) is 43.4. The zero-order chi connectivity index (χ0) is 96.8. The number of H-pyrrole nitrogens is 1. The smallest absolute Gasteiger partial charge is 0.243 e. The molecule has 0 aliphatic rings. The number of nitrogens with zero attached hydrogens (tertiary/aromatic N) is 1. The number of rotatable bonds is 64. The number of aromatic nitrogens is 1. The van der Waals surface area contributed by atoms with E-state index >= 15 is 14.4 Å². The number of aromatic amines is 1. The highest BCUT2D eigenvalue weighted by molar-refractivity contribution is 6.01. The molecule has 0 saturated heterocycles. The number of carbonyl (C=O) groups is 15. The number of halogens is 1. The van der Waals surface area contributed by atoms with Gasteiger partial charge in [0, 0.05) is 29.9 Å². The van der Waals surface area contributed by atoms with Crippen LogP contribution in [0.4, 0.5) is 0 Å². The maximum absolute atomic E-state index is 15.2. The van der Waals surface area contributed by atoms with Crippen molar-refractivity contribution in [1.29, 1.82) is 0 Å². The van der Waals surface area contributed by atoms with Crippen LogP contribution in [-0.4, -0.2) is 243 Å². The van der Waals surface area contributed by atoms with Gasteiger partial charge >= 0.3 is 0 Å². The highest BCUT2D eigenvalue weighted by atomic mass is 35.5. The molecule has 15 amide bonds. The highest BCUT2D eigenvalue weighted by Crippen LogP contribution is 2.22. The van der Waals surface area contributed by atoms with Crippen LogP contribution in [0.1, 0.15) is 223 Å². The van der Waals surface area contributed by atoms with E-state index in [2.05, 4.69) is 79.4 Å². The number of unbranched alkanes of at least 4 members (excludes halogenated alkanes) is 5. The first-order valence-electron chi connectivity index (χ1n) is 46.3. The van der Waals surface area contributed by atoms with E-state index < -0.39 is 197 Å². The van der Waals surface area contributed by atoms with E-state index in [4.69, 9.17) is 34.4 Å². The van der Waals surface area contributed by atoms with E-state index in [9.17, 15) is 57.5 Å². The summed E-state index contributed by atoms with van der Waals surface area (Å²) in [6.07, 6.45) is 7.85. The average Bonchev–Trinajstić information content (AvgIpc) is 1.25. The van der Waals surface area contributed by atoms with E-state index in [0.29, 0.717) is 112 Å². The molecule has 3 aromatic rings. The standard InChI is InChI=1S/C92H158N22O15.ClH/c1-17-59(12)78(90(127)100-53-75(115)101-60(13)80(117)111-76(57(8)9)92(129)110-72(49-56(6)7)86(123)105-68(39-25-30-44-95)84(121)112-77(58(10)11)91(128)106-70(79(98)116)47-54(2)3)113-85(122)69(40-26-31-45-96)102-82(119)67(41-27-32-46-114(14,15)16)103-88(125)73(50-61-33-19-18-20-34-61)109-87(124)71(48-55(4)5)108-83(120)66(38-24-29-43-94)104-89(126)74(107-81(118)64(97)36-23-28-42-93)51-62-52-99-65-37-22-21-35-63(62)65;/h18-22,33-35,37,52,54-60,64,66-74,76-78,99H,17,23-32,36,38-51,53,93-97H2,1-16H3,(H15-,98,100,101,102,103,104,105,106,107,108,109,110,111,112,113,115,116,117,118,119,120,121,122,123,124,125,126,127,128,129);1H/t59-,60-,64-,66-,67-,68-,69-,70-,71-,72-,73-,74-,76-,77-,78-;/m0./s1. The Bertz CT molecular complexity index is 4030. The van der Waals surface area contributed by atoms with Crippen molar-refractivity contribution in [2.45, 2.75) is 309 Å². The number of hydrogen-bond acceptors (Lipinski definition) is 20. The number of nitrogens with two attached hydrogens (primary N) is 6. The molecular formula is C92H159ClN22O15. The minimum atomic E-state index is -1.38. The van der Waals surface area contributed by atoms with Gasteiger partial charge in [0.2, 0.25) is 88.6 Å². The fourth-order valence-electron chi connectivity index (χ4n) is 14.7. The summed E-state index contributed by atoms with van der Waals surface area (Å²) in [7, 11) is 6.03. The van der Waals surface area contributed by atoms with Gasteiger partial charge in [-0.1, -0.05) is 144 Å². The van der Waals surface area contributed by atoms with Crippen LogP contribution in [0.2, 0.25) is 0 Å². The van der Waals surface area contributed by atoms with Crippen molar-refractivity contribution in [2.75, 3.05) is 60.4 Å². The maximum Gasteiger partial charge on any atom is 0.243 e. The predicted molar refractivity (Wildman–Crippen MR) is 499 cm³/mol. The van der Waals surface area contributed by atoms with Crippen molar-refractivity contribution in [3.05, 3.63) is 71.9 Å². The van der Waals surface area contributed by atoms with Crippen LogP contribution in [-0.2, 0) is 84.8 Å². The lowest BCUT2D eigenvalue weighted by Gasteiger charge is -2.29. The number of nitrogens with one attached hydrogen (secondary N) is 15. The minimum absolute atomic E-state index is 0. The molecule has 130 heavy (non-hydrogen) atoms. The Balaban J connectivity index is 0.0000572. The number of fused-ring (bicyclic) bond motifs is 1. The molecule has 0 radical (unpaired) electrons. The SMILES string of the molecule is CC[C@H](C)[C@H](NC(=O)[C@H](CCCCN)NC(=O)[C@H](CCCC[N+](C)(C)C)NC(=O)[C@H](Cc1ccccc1)NC(=O)[C@H](CC(C)C)NC(=O)[C@H](CCCCN)NC(=O)[C@H](Cc1c[nH]c2ccccc12)NC(=O)[C@@H](N)CCCCN)C(=O)NCC(=O)N[C@@H](C)C(=O)N[C@H](C(=O)N[C@@H](CC(C)C)C(=O)N[C@@H](CCCCN)C(=O)N[C@H](C(=O)N[C@@H](CC(C)C)C(N)=O)C(C)C)C(C)C.[Cl-]. The topological polar surface area (TPSA) is 596 Å². The zero-order valence-corrected chi connectivity index (χ0v) is 80.6. The van der Waals surface area contributed by atoms with Gasteiger partial charge in [-0.05, 0) is 195 Å². The Hall–Kier alpha value is -9.92. The number of amides is 15. The first kappa shape index (κ1) is 116. The Morgan fingerprint density at radius 3 is 1.15 bits per heavy atom. The van der Waals surface area contributed by atoms with Gasteiger partial charge in [-0.3, -0.25) is 71.9 Å². The lowest BCUT2D eigenvalue weighted by atomic mass is 9.97. The highest BCUT2D eigenvalue weighted by Gasteiger charge is 2.40. The Morgan fingerprint density at radius 1 is 0.369 bits per heavy atom. The van der Waals surface area contributed by atoms with Gasteiger partial charge in [0.1, 0.15) is 78.5 Å². The summed E-state index contributed by atoms with van der Waals surface area (Å²) in [4.78, 5) is 217. The first-order chi connectivity index (χ1) is 60.9. The summed E-state index contributed by atoms with van der Waals surface area (Å²) in [6, 6.07) is -0.840. The summed E-state index contributed by atoms with van der Waals surface area (Å²) >= 11 is 0. The molecular weight excluding hydrogens is 1690 g/mol. The van der Waals surface area contributed by atoms with Gasteiger partial charge in [0.25, 0.3) is 0 Å². The molecule has 38 heteroatoms. The lowest BCUT2D eigenvalue weighted by molar-refractivity contribution is -0.870. The number of para-hydroxylation sites is 1. The molecule has 0 saturated carbocycles. The van der Waals surface area contributed by atoms with Crippen LogP contribution < -0.4 is 121 Å². The van der Waals surface area contributed by atoms with E-state index in [1.54, 1.807) is 78.1 Å². The van der Waals surface area contributed by atoms with Crippen LogP contribution in [0.3, 0.4) is 0 Å². The molecule has 0 bridgehead atoms. The monoisotopic (exact) mass is 1850 g/mol. The van der Waals surface area contributed by atoms with Gasteiger partial charge in [0.05, 0.1) is 40.3 Å². The number of hydrogen-bond donors (Lipinski definition) is 21. The summed E-state index contributed by atoms with van der Waals surface area (Å²) in [5, 5.41) is 39.6. The van der Waals surface area contributed by atoms with Gasteiger partial charge in [-0.15, -0.1) is 0 Å². The third-order valence-electron chi connectivity index (χ3n) is 22.4. The Labute approximate surface area is 775 Å². The lowest BCUT2D eigenvalue weighted by Crippen LogP contribution is -3.00. The summed E-state index contributed by atoms with van der Waals surface area (Å²) in [6.45, 7) is 23.9. The summed E-state index contributed by atoms with van der Waals surface area (Å²) in [5.74, 6) is -13.0. The summed E-state index contributed by atoms with van der Waals surface area (Å²) < 4.78 is 0.585. The largest absolute Gasteiger partial charge is 1.00 e. The van der Waals surface area contributed by atoms with Crippen molar-refractivity contribution in [3.8, 4) is 0 Å². The van der Waals surface area contributed by atoms with Gasteiger partial charge in [-0.25, -0.2) is 0 Å². The Kier molecular flexibility index (Phi) is 54.4. The average molecular weight is 1850 g/mol. The zero-order valence-electron chi connectivity index (χ0n) is 79.8. The molecule has 1 heterocycles. The maximum atomic E-state index is 15.2. The van der Waals surface area contributed by atoms with Crippen molar-refractivity contribution in [1.82, 2.24) is 79.4 Å². The Morgan fingerprint density at radius 2 is 0.723 bits per heavy atom. The van der Waals surface area contributed by atoms with Crippen LogP contribution in [0, 0.1) is 35.5 Å².